The molecule has 1 fully saturated rings. The van der Waals surface area contributed by atoms with Crippen molar-refractivity contribution in [3.8, 4) is 17.3 Å². The molecule has 0 aromatic carbocycles. The van der Waals surface area contributed by atoms with Crippen molar-refractivity contribution in [2.75, 3.05) is 26.7 Å². The fraction of sp³-hybridized carbons (Fsp3) is 0.611. The van der Waals surface area contributed by atoms with Crippen molar-refractivity contribution in [2.24, 2.45) is 5.92 Å². The van der Waals surface area contributed by atoms with Crippen LogP contribution in [0.1, 0.15) is 44.2 Å². The van der Waals surface area contributed by atoms with Gasteiger partial charge in [-0.2, -0.15) is 0 Å². The van der Waals surface area contributed by atoms with Crippen LogP contribution in [0.15, 0.2) is 16.5 Å². The number of aryl methyl sites for hydroxylation is 1. The number of likely N-dealkylation sites (tertiary alicyclic amines) is 1. The highest BCUT2D eigenvalue weighted by molar-refractivity contribution is 5.59. The molecule has 3 rings (SSSR count). The molecular weight excluding hydrogens is 304 g/mol. The number of pyridine rings is 1. The molecule has 0 N–H and O–H groups in total. The summed E-state index contributed by atoms with van der Waals surface area (Å²) in [6, 6.07) is 3.83. The molecule has 0 saturated carbocycles. The third-order valence-corrected chi connectivity index (χ3v) is 4.69. The van der Waals surface area contributed by atoms with Gasteiger partial charge in [-0.25, -0.2) is 4.98 Å². The minimum atomic E-state index is 0.212. The first kappa shape index (κ1) is 16.9. The van der Waals surface area contributed by atoms with Crippen LogP contribution in [0.2, 0.25) is 0 Å². The van der Waals surface area contributed by atoms with E-state index < -0.39 is 0 Å². The van der Waals surface area contributed by atoms with Gasteiger partial charge in [0.1, 0.15) is 5.56 Å². The average molecular weight is 330 g/mol. The van der Waals surface area contributed by atoms with Gasteiger partial charge < -0.3 is 14.1 Å². The summed E-state index contributed by atoms with van der Waals surface area (Å²) in [6.07, 6.45) is 2.54. The zero-order valence-electron chi connectivity index (χ0n) is 15.0. The Labute approximate surface area is 143 Å². The van der Waals surface area contributed by atoms with E-state index in [0.29, 0.717) is 17.7 Å². The lowest BCUT2D eigenvalue weighted by Gasteiger charge is -2.31. The lowest BCUT2D eigenvalue weighted by Crippen LogP contribution is -2.35. The number of methoxy groups -OCH3 is 1. The van der Waals surface area contributed by atoms with Gasteiger partial charge in [0.05, 0.1) is 7.11 Å². The van der Waals surface area contributed by atoms with Gasteiger partial charge in [-0.3, -0.25) is 0 Å². The van der Waals surface area contributed by atoms with E-state index in [1.165, 1.54) is 12.8 Å². The lowest BCUT2D eigenvalue weighted by molar-refractivity contribution is 0.179. The van der Waals surface area contributed by atoms with Crippen LogP contribution in [0.5, 0.6) is 5.88 Å². The number of aromatic nitrogens is 3. The Bertz CT molecular complexity index is 677. The summed E-state index contributed by atoms with van der Waals surface area (Å²) in [5.41, 5.74) is 1.63. The van der Waals surface area contributed by atoms with Crippen molar-refractivity contribution in [3.63, 3.8) is 0 Å². The van der Waals surface area contributed by atoms with Crippen LogP contribution in [0, 0.1) is 12.8 Å². The van der Waals surface area contributed by atoms with Crippen LogP contribution in [0.4, 0.5) is 0 Å². The van der Waals surface area contributed by atoms with Gasteiger partial charge in [0.2, 0.25) is 11.8 Å². The Morgan fingerprint density at radius 3 is 2.75 bits per heavy atom. The van der Waals surface area contributed by atoms with Gasteiger partial charge in [0, 0.05) is 18.2 Å². The number of ether oxygens (including phenoxy) is 1. The van der Waals surface area contributed by atoms with E-state index in [9.17, 15) is 0 Å². The Morgan fingerprint density at radius 1 is 1.29 bits per heavy atom. The van der Waals surface area contributed by atoms with E-state index in [1.54, 1.807) is 7.11 Å². The molecule has 2 aromatic rings. The Hall–Kier alpha value is -1.95. The van der Waals surface area contributed by atoms with Gasteiger partial charge in [0.15, 0.2) is 0 Å². The van der Waals surface area contributed by atoms with Crippen molar-refractivity contribution in [1.29, 1.82) is 0 Å². The maximum atomic E-state index is 5.91. The molecule has 6 heteroatoms. The predicted molar refractivity (Wildman–Crippen MR) is 92.1 cm³/mol. The SMILES string of the molecule is COc1nc(C)ccc1-c1nnc([C@@H](C)CN2CCC(C)CC2)o1. The maximum absolute atomic E-state index is 5.91. The van der Waals surface area contributed by atoms with Gasteiger partial charge >= 0.3 is 0 Å². The van der Waals surface area contributed by atoms with Gasteiger partial charge in [0.25, 0.3) is 5.89 Å². The highest BCUT2D eigenvalue weighted by Crippen LogP contribution is 2.29. The lowest BCUT2D eigenvalue weighted by atomic mass is 9.98. The average Bonchev–Trinajstić information content (AvgIpc) is 3.06. The zero-order chi connectivity index (χ0) is 17.1. The molecule has 1 saturated heterocycles. The zero-order valence-corrected chi connectivity index (χ0v) is 15.0. The molecule has 130 valence electrons. The third kappa shape index (κ3) is 3.75. The molecule has 2 aromatic heterocycles. The molecule has 0 bridgehead atoms. The molecule has 0 amide bonds. The second kappa shape index (κ2) is 7.30. The van der Waals surface area contributed by atoms with E-state index in [2.05, 4.69) is 33.9 Å². The Balaban J connectivity index is 1.71. The second-order valence-electron chi connectivity index (χ2n) is 6.84. The Kier molecular flexibility index (Phi) is 5.14. The molecule has 24 heavy (non-hydrogen) atoms. The van der Waals surface area contributed by atoms with Crippen molar-refractivity contribution in [1.82, 2.24) is 20.1 Å². The van der Waals surface area contributed by atoms with Crippen molar-refractivity contribution < 1.29 is 9.15 Å². The largest absolute Gasteiger partial charge is 0.480 e. The van der Waals surface area contributed by atoms with E-state index in [1.807, 2.05) is 19.1 Å². The Morgan fingerprint density at radius 2 is 2.04 bits per heavy atom. The van der Waals surface area contributed by atoms with E-state index in [-0.39, 0.29) is 5.92 Å². The minimum absolute atomic E-state index is 0.212. The van der Waals surface area contributed by atoms with Crippen LogP contribution < -0.4 is 4.74 Å². The summed E-state index contributed by atoms with van der Waals surface area (Å²) >= 11 is 0. The molecule has 6 nitrogen and oxygen atoms in total. The second-order valence-corrected chi connectivity index (χ2v) is 6.84. The number of piperidine rings is 1. The first-order chi connectivity index (χ1) is 11.6. The molecule has 1 atom stereocenters. The van der Waals surface area contributed by atoms with Crippen molar-refractivity contribution >= 4 is 0 Å². The van der Waals surface area contributed by atoms with Gasteiger partial charge in [-0.1, -0.05) is 13.8 Å². The van der Waals surface area contributed by atoms with Crippen LogP contribution in [0.25, 0.3) is 11.5 Å². The fourth-order valence-corrected chi connectivity index (χ4v) is 3.10. The van der Waals surface area contributed by atoms with Crippen molar-refractivity contribution in [3.05, 3.63) is 23.7 Å². The van der Waals surface area contributed by atoms with Crippen LogP contribution in [0.3, 0.4) is 0 Å². The number of rotatable bonds is 5. The number of nitrogens with zero attached hydrogens (tertiary/aromatic N) is 4. The first-order valence-corrected chi connectivity index (χ1v) is 8.64. The molecule has 0 spiro atoms. The summed E-state index contributed by atoms with van der Waals surface area (Å²) in [6.45, 7) is 9.66. The molecule has 3 heterocycles. The standard InChI is InChI=1S/C18H26N4O2/c1-12-7-9-22(10-8-12)11-13(2)16-20-21-18(24-16)15-6-5-14(3)19-17(15)23-4/h5-6,12-13H,7-11H2,1-4H3/t13-/m0/s1. The van der Waals surface area contributed by atoms with Crippen LogP contribution >= 0.6 is 0 Å². The van der Waals surface area contributed by atoms with E-state index in [4.69, 9.17) is 9.15 Å². The molecule has 0 radical (unpaired) electrons. The normalized spacial score (nSPS) is 17.8. The summed E-state index contributed by atoms with van der Waals surface area (Å²) in [4.78, 5) is 6.85. The van der Waals surface area contributed by atoms with Gasteiger partial charge in [-0.15, -0.1) is 10.2 Å². The summed E-state index contributed by atoms with van der Waals surface area (Å²) < 4.78 is 11.2. The van der Waals surface area contributed by atoms with Crippen LogP contribution in [-0.2, 0) is 0 Å². The van der Waals surface area contributed by atoms with Crippen molar-refractivity contribution in [2.45, 2.75) is 39.5 Å². The molecular formula is C18H26N4O2. The van der Waals surface area contributed by atoms with E-state index >= 15 is 0 Å². The third-order valence-electron chi connectivity index (χ3n) is 4.69. The van der Waals surface area contributed by atoms with Gasteiger partial charge in [-0.05, 0) is 50.9 Å². The quantitative estimate of drug-likeness (QED) is 0.838. The number of hydrogen-bond donors (Lipinski definition) is 0. The monoisotopic (exact) mass is 330 g/mol. The molecule has 0 aliphatic carbocycles. The molecule has 0 unspecified atom stereocenters. The smallest absolute Gasteiger partial charge is 0.253 e. The fourth-order valence-electron chi connectivity index (χ4n) is 3.10. The molecule has 1 aliphatic rings. The predicted octanol–water partition coefficient (Wildman–Crippen LogP) is 3.28. The summed E-state index contributed by atoms with van der Waals surface area (Å²) in [5, 5.41) is 8.44. The summed E-state index contributed by atoms with van der Waals surface area (Å²) in [5.74, 6) is 2.71. The highest BCUT2D eigenvalue weighted by atomic mass is 16.5. The highest BCUT2D eigenvalue weighted by Gasteiger charge is 2.22. The molecule has 1 aliphatic heterocycles. The summed E-state index contributed by atoms with van der Waals surface area (Å²) in [7, 11) is 1.60. The first-order valence-electron chi connectivity index (χ1n) is 8.64. The van der Waals surface area contributed by atoms with Crippen LogP contribution in [-0.4, -0.2) is 46.8 Å². The number of hydrogen-bond acceptors (Lipinski definition) is 6. The topological polar surface area (TPSA) is 64.3 Å². The van der Waals surface area contributed by atoms with E-state index in [0.717, 1.165) is 36.8 Å². The minimum Gasteiger partial charge on any atom is -0.480 e. The maximum Gasteiger partial charge on any atom is 0.253 e.